The molecule has 2 heterocycles. The highest BCUT2D eigenvalue weighted by Crippen LogP contribution is 2.24. The van der Waals surface area contributed by atoms with Gasteiger partial charge in [-0.05, 0) is 50.6 Å². The fourth-order valence-corrected chi connectivity index (χ4v) is 5.51. The van der Waals surface area contributed by atoms with Crippen molar-refractivity contribution >= 4 is 31.6 Å². The minimum atomic E-state index is -3.94. The zero-order valence-corrected chi connectivity index (χ0v) is 20.3. The van der Waals surface area contributed by atoms with Crippen molar-refractivity contribution < 1.29 is 21.4 Å². The topological polar surface area (TPSA) is 136 Å². The molecule has 178 valence electrons. The van der Waals surface area contributed by atoms with Crippen molar-refractivity contribution in [2.45, 2.75) is 37.1 Å². The van der Waals surface area contributed by atoms with Gasteiger partial charge in [-0.1, -0.05) is 35.5 Å². The Morgan fingerprint density at radius 1 is 0.853 bits per heavy atom. The summed E-state index contributed by atoms with van der Waals surface area (Å²) < 4.78 is 62.5. The SMILES string of the molecule is Cc1nn(Cc2ccccc2)cc1S(=O)(=O)Nc1ccc(S(=O)(=O)Nc2onc(C)c2C)cc1. The highest BCUT2D eigenvalue weighted by Gasteiger charge is 2.22. The number of sulfonamides is 2. The van der Waals surface area contributed by atoms with Gasteiger partial charge in [0.1, 0.15) is 4.90 Å². The van der Waals surface area contributed by atoms with Crippen molar-refractivity contribution in [1.82, 2.24) is 14.9 Å². The summed E-state index contributed by atoms with van der Waals surface area (Å²) in [5.74, 6) is 0.0327. The van der Waals surface area contributed by atoms with E-state index in [4.69, 9.17) is 4.52 Å². The summed E-state index contributed by atoms with van der Waals surface area (Å²) in [6.07, 6.45) is 1.47. The summed E-state index contributed by atoms with van der Waals surface area (Å²) in [7, 11) is -7.88. The first-order valence-electron chi connectivity index (χ1n) is 10.2. The number of nitrogens with one attached hydrogen (secondary N) is 2. The van der Waals surface area contributed by atoms with Crippen LogP contribution >= 0.6 is 0 Å². The van der Waals surface area contributed by atoms with Gasteiger partial charge in [-0.2, -0.15) is 5.10 Å². The van der Waals surface area contributed by atoms with Crippen LogP contribution in [0.1, 0.15) is 22.5 Å². The summed E-state index contributed by atoms with van der Waals surface area (Å²) >= 11 is 0. The van der Waals surface area contributed by atoms with Crippen LogP contribution in [0.5, 0.6) is 0 Å². The molecule has 0 amide bonds. The largest absolute Gasteiger partial charge is 0.337 e. The second kappa shape index (κ2) is 8.95. The van der Waals surface area contributed by atoms with Crippen molar-refractivity contribution in [3.63, 3.8) is 0 Å². The summed E-state index contributed by atoms with van der Waals surface area (Å²) in [5.41, 5.74) is 2.70. The molecule has 0 aliphatic heterocycles. The van der Waals surface area contributed by atoms with Crippen LogP contribution in [0.3, 0.4) is 0 Å². The molecule has 0 radical (unpaired) electrons. The number of hydrogen-bond acceptors (Lipinski definition) is 7. The molecule has 4 aromatic rings. The number of aromatic nitrogens is 3. The van der Waals surface area contributed by atoms with Crippen molar-refractivity contribution in [2.75, 3.05) is 9.44 Å². The zero-order valence-electron chi connectivity index (χ0n) is 18.7. The lowest BCUT2D eigenvalue weighted by molar-refractivity contribution is 0.430. The average Bonchev–Trinajstić information content (AvgIpc) is 3.31. The molecule has 2 N–H and O–H groups in total. The van der Waals surface area contributed by atoms with E-state index < -0.39 is 20.0 Å². The first-order chi connectivity index (χ1) is 16.0. The predicted octanol–water partition coefficient (Wildman–Crippen LogP) is 3.45. The molecular weight excluding hydrogens is 478 g/mol. The van der Waals surface area contributed by atoms with Gasteiger partial charge in [0.05, 0.1) is 22.8 Å². The molecule has 4 rings (SSSR count). The van der Waals surface area contributed by atoms with E-state index in [-0.39, 0.29) is 21.4 Å². The first-order valence-corrected chi connectivity index (χ1v) is 13.2. The Bertz CT molecular complexity index is 1520. The van der Waals surface area contributed by atoms with Crippen LogP contribution in [0.25, 0.3) is 0 Å². The second-order valence-corrected chi connectivity index (χ2v) is 11.1. The number of anilines is 2. The maximum Gasteiger partial charge on any atom is 0.265 e. The standard InChI is InChI=1S/C22H23N5O5S2/c1-15-16(2)24-32-22(15)26-33(28,29)20-11-9-19(10-12-20)25-34(30,31)21-14-27(23-17(21)3)13-18-7-5-4-6-8-18/h4-12,14,25-26H,13H2,1-3H3. The van der Waals surface area contributed by atoms with E-state index in [9.17, 15) is 16.8 Å². The Hall–Kier alpha value is -3.64. The molecule has 0 aliphatic rings. The Kier molecular flexibility index (Phi) is 6.19. The molecule has 0 spiro atoms. The molecule has 0 saturated heterocycles. The molecule has 0 unspecified atom stereocenters. The van der Waals surface area contributed by atoms with Gasteiger partial charge < -0.3 is 4.52 Å². The van der Waals surface area contributed by atoms with Crippen LogP contribution in [0, 0.1) is 20.8 Å². The molecular formula is C22H23N5O5S2. The molecule has 2 aromatic carbocycles. The molecule has 0 atom stereocenters. The van der Waals surface area contributed by atoms with Crippen LogP contribution in [-0.4, -0.2) is 31.8 Å². The zero-order chi connectivity index (χ0) is 24.5. The van der Waals surface area contributed by atoms with Gasteiger partial charge in [0.15, 0.2) is 0 Å². The van der Waals surface area contributed by atoms with Crippen LogP contribution in [-0.2, 0) is 26.6 Å². The van der Waals surface area contributed by atoms with Crippen molar-refractivity contribution in [1.29, 1.82) is 0 Å². The van der Waals surface area contributed by atoms with Gasteiger partial charge in [-0.25, -0.2) is 21.6 Å². The van der Waals surface area contributed by atoms with Gasteiger partial charge in [-0.15, -0.1) is 0 Å². The smallest absolute Gasteiger partial charge is 0.265 e. The lowest BCUT2D eigenvalue weighted by Crippen LogP contribution is -2.15. The third-order valence-corrected chi connectivity index (χ3v) is 8.01. The van der Waals surface area contributed by atoms with Crippen molar-refractivity contribution in [2.24, 2.45) is 0 Å². The van der Waals surface area contributed by atoms with Gasteiger partial charge in [0.2, 0.25) is 5.88 Å². The van der Waals surface area contributed by atoms with E-state index in [0.717, 1.165) is 5.56 Å². The summed E-state index contributed by atoms with van der Waals surface area (Å²) in [6, 6.07) is 14.9. The Morgan fingerprint density at radius 2 is 1.53 bits per heavy atom. The third-order valence-electron chi connectivity index (χ3n) is 5.18. The van der Waals surface area contributed by atoms with Crippen LogP contribution < -0.4 is 9.44 Å². The Labute approximate surface area is 197 Å². The van der Waals surface area contributed by atoms with Crippen LogP contribution in [0.4, 0.5) is 11.6 Å². The monoisotopic (exact) mass is 501 g/mol. The molecule has 0 bridgehead atoms. The number of hydrogen-bond donors (Lipinski definition) is 2. The molecule has 0 fully saturated rings. The molecule has 0 saturated carbocycles. The lowest BCUT2D eigenvalue weighted by atomic mass is 10.2. The molecule has 2 aromatic heterocycles. The van der Waals surface area contributed by atoms with Crippen LogP contribution in [0.15, 0.2) is 75.1 Å². The van der Waals surface area contributed by atoms with E-state index in [0.29, 0.717) is 23.5 Å². The normalized spacial score (nSPS) is 12.0. The predicted molar refractivity (Wildman–Crippen MR) is 127 cm³/mol. The maximum atomic E-state index is 12.9. The molecule has 12 heteroatoms. The van der Waals surface area contributed by atoms with E-state index in [1.165, 1.54) is 30.5 Å². The summed E-state index contributed by atoms with van der Waals surface area (Å²) in [6.45, 7) is 5.43. The molecule has 10 nitrogen and oxygen atoms in total. The Morgan fingerprint density at radius 3 is 2.15 bits per heavy atom. The number of aryl methyl sites for hydroxylation is 2. The minimum absolute atomic E-state index is 0.0327. The number of nitrogens with zero attached hydrogens (tertiary/aromatic N) is 3. The summed E-state index contributed by atoms with van der Waals surface area (Å²) in [4.78, 5) is -0.0197. The fourth-order valence-electron chi connectivity index (χ4n) is 3.22. The maximum absolute atomic E-state index is 12.9. The van der Waals surface area contributed by atoms with E-state index >= 15 is 0 Å². The molecule has 0 aliphatic carbocycles. The first kappa shape index (κ1) is 23.5. The quantitative estimate of drug-likeness (QED) is 0.377. The van der Waals surface area contributed by atoms with Gasteiger partial charge >= 0.3 is 0 Å². The highest BCUT2D eigenvalue weighted by molar-refractivity contribution is 7.93. The van der Waals surface area contributed by atoms with E-state index in [1.54, 1.807) is 25.5 Å². The van der Waals surface area contributed by atoms with Crippen LogP contribution in [0.2, 0.25) is 0 Å². The summed E-state index contributed by atoms with van der Waals surface area (Å²) in [5, 5.41) is 8.03. The number of rotatable bonds is 8. The third kappa shape index (κ3) is 4.97. The van der Waals surface area contributed by atoms with E-state index in [2.05, 4.69) is 19.7 Å². The minimum Gasteiger partial charge on any atom is -0.337 e. The molecule has 34 heavy (non-hydrogen) atoms. The van der Waals surface area contributed by atoms with Crippen molar-refractivity contribution in [3.05, 3.63) is 83.3 Å². The lowest BCUT2D eigenvalue weighted by Gasteiger charge is -2.09. The van der Waals surface area contributed by atoms with Crippen molar-refractivity contribution in [3.8, 4) is 0 Å². The second-order valence-electron chi connectivity index (χ2n) is 7.72. The van der Waals surface area contributed by atoms with Gasteiger partial charge in [0, 0.05) is 17.4 Å². The highest BCUT2D eigenvalue weighted by atomic mass is 32.2. The average molecular weight is 502 g/mol. The Balaban J connectivity index is 1.50. The van der Waals surface area contributed by atoms with E-state index in [1.807, 2.05) is 30.3 Å². The number of benzene rings is 2. The van der Waals surface area contributed by atoms with Gasteiger partial charge in [-0.3, -0.25) is 9.40 Å². The van der Waals surface area contributed by atoms with Gasteiger partial charge in [0.25, 0.3) is 20.0 Å². The fraction of sp³-hybridized carbons (Fsp3) is 0.182.